The second kappa shape index (κ2) is 15.1. The van der Waals surface area contributed by atoms with Crippen LogP contribution in [0.1, 0.15) is 0 Å². The molecule has 0 aromatic rings. The number of hydrogen-bond donors (Lipinski definition) is 1. The van der Waals surface area contributed by atoms with E-state index in [1.54, 1.807) is 0 Å². The molecule has 0 atom stereocenters. The first-order valence-electron chi connectivity index (χ1n) is 2.18. The largest absolute Gasteiger partial charge is 1.00 e. The van der Waals surface area contributed by atoms with E-state index < -0.39 is 31.2 Å². The van der Waals surface area contributed by atoms with Crippen molar-refractivity contribution in [2.75, 3.05) is 0 Å². The van der Waals surface area contributed by atoms with Crippen molar-refractivity contribution in [2.24, 2.45) is 0 Å². The van der Waals surface area contributed by atoms with Crippen LogP contribution in [-0.4, -0.2) is 43.5 Å². The van der Waals surface area contributed by atoms with Gasteiger partial charge in [0.05, 0.1) is 0 Å². The Morgan fingerprint density at radius 1 is 0.667 bits per heavy atom. The van der Waals surface area contributed by atoms with Gasteiger partial charge in [0.2, 0.25) is 31.2 Å². The predicted molar refractivity (Wildman–Crippen MR) is 33.9 cm³/mol. The fourth-order valence-electron chi connectivity index (χ4n) is 0.0680. The second-order valence-corrected chi connectivity index (χ2v) is 4.14. The summed E-state index contributed by atoms with van der Waals surface area (Å²) >= 11 is 0. The van der Waals surface area contributed by atoms with Crippen molar-refractivity contribution in [3.05, 3.63) is 0 Å². The van der Waals surface area contributed by atoms with Crippen molar-refractivity contribution in [2.45, 2.75) is 0 Å². The molecular formula is HK3O12S3. The molecule has 0 aromatic carbocycles. The van der Waals surface area contributed by atoms with Gasteiger partial charge in [-0.25, -0.2) is 25.3 Å². The van der Waals surface area contributed by atoms with E-state index in [4.69, 9.17) is 17.5 Å². The van der Waals surface area contributed by atoms with Gasteiger partial charge in [-0.2, -0.15) is 0 Å². The minimum Gasteiger partial charge on any atom is -0.726 e. The van der Waals surface area contributed by atoms with Crippen LogP contribution in [0, 0.1) is 0 Å². The van der Waals surface area contributed by atoms with Gasteiger partial charge >= 0.3 is 154 Å². The van der Waals surface area contributed by atoms with E-state index in [1.807, 2.05) is 0 Å². The van der Waals surface area contributed by atoms with Crippen molar-refractivity contribution >= 4 is 31.2 Å². The fourth-order valence-corrected chi connectivity index (χ4v) is 0.612. The summed E-state index contributed by atoms with van der Waals surface area (Å²) in [6.45, 7) is 0. The summed E-state index contributed by atoms with van der Waals surface area (Å²) in [6.07, 6.45) is 0. The molecular weight excluding hydrogens is 405 g/mol. The van der Waals surface area contributed by atoms with E-state index in [2.05, 4.69) is 8.67 Å². The summed E-state index contributed by atoms with van der Waals surface area (Å²) in [5.41, 5.74) is 0. The zero-order valence-electron chi connectivity index (χ0n) is 9.16. The molecule has 0 aliphatic carbocycles. The average molecular weight is 406 g/mol. The molecule has 0 bridgehead atoms. The molecule has 0 unspecified atom stereocenters. The van der Waals surface area contributed by atoms with Crippen LogP contribution in [0.5, 0.6) is 0 Å². The number of hydrogen-bond acceptors (Lipinski definition) is 11. The van der Waals surface area contributed by atoms with E-state index in [9.17, 15) is 25.9 Å². The Balaban J connectivity index is -0.0000000621. The van der Waals surface area contributed by atoms with Crippen molar-refractivity contribution in [1.82, 2.24) is 0 Å². The summed E-state index contributed by atoms with van der Waals surface area (Å²) in [7, 11) is -15.5. The monoisotopic (exact) mass is 406 g/mol. The van der Waals surface area contributed by atoms with Gasteiger partial charge in [-0.1, -0.05) is 0 Å². The minimum atomic E-state index is -5.31. The Kier molecular flexibility index (Phi) is 28.4. The molecule has 0 saturated heterocycles. The second-order valence-electron chi connectivity index (χ2n) is 1.38. The Bertz CT molecular complexity index is 427. The van der Waals surface area contributed by atoms with Crippen LogP contribution in [-0.2, 0) is 39.9 Å². The standard InChI is InChI=1S/3K.H2O8S2.H2O4S/c;;;1-9(2,3)7-8-10(4,5)6;1-5(2,3)4/h;;;(H,1,2,3)(H,4,5,6);(H2,1,2,3,4)/q3*+1;;/p-3. The molecule has 18 heteroatoms. The van der Waals surface area contributed by atoms with Gasteiger partial charge < -0.3 is 13.7 Å². The third-order valence-electron chi connectivity index (χ3n) is 0.194. The maximum Gasteiger partial charge on any atom is 1.00 e. The van der Waals surface area contributed by atoms with E-state index in [0.717, 1.165) is 0 Å². The Hall–Kier alpha value is 4.52. The quantitative estimate of drug-likeness (QED) is 0.152. The van der Waals surface area contributed by atoms with Crippen molar-refractivity contribution in [3.8, 4) is 0 Å². The van der Waals surface area contributed by atoms with Crippen LogP contribution >= 0.6 is 0 Å². The molecule has 0 saturated carbocycles. The van der Waals surface area contributed by atoms with Gasteiger partial charge in [0, 0.05) is 0 Å². The normalized spacial score (nSPS) is 10.7. The first kappa shape index (κ1) is 34.0. The van der Waals surface area contributed by atoms with Crippen LogP contribution in [0.2, 0.25) is 0 Å². The molecule has 0 amide bonds. The Labute approximate surface area is 231 Å². The van der Waals surface area contributed by atoms with Crippen molar-refractivity contribution < 1.29 is 206 Å². The maximum absolute atomic E-state index is 9.37. The van der Waals surface area contributed by atoms with Gasteiger partial charge in [0.15, 0.2) is 0 Å². The molecule has 0 rings (SSSR count). The third kappa shape index (κ3) is 58.9. The Morgan fingerprint density at radius 3 is 0.833 bits per heavy atom. The summed E-state index contributed by atoms with van der Waals surface area (Å²) in [6, 6.07) is 0. The first-order chi connectivity index (χ1) is 6.21. The van der Waals surface area contributed by atoms with E-state index in [1.165, 1.54) is 0 Å². The van der Waals surface area contributed by atoms with Crippen LogP contribution < -0.4 is 154 Å². The molecule has 0 spiro atoms. The van der Waals surface area contributed by atoms with Gasteiger partial charge in [0.1, 0.15) is 0 Å². The first-order valence-corrected chi connectivity index (χ1v) is 6.21. The molecule has 94 valence electrons. The van der Waals surface area contributed by atoms with Crippen LogP contribution in [0.25, 0.3) is 0 Å². The number of rotatable bonds is 3. The predicted octanol–water partition coefficient (Wildman–Crippen LogP) is -12.1. The average Bonchev–Trinajstić information content (AvgIpc) is 1.76. The van der Waals surface area contributed by atoms with Gasteiger partial charge in [-0.3, -0.25) is 4.55 Å². The zero-order chi connectivity index (χ0) is 12.9. The SMILES string of the molecule is O=S(=O)([O-])O.O=S(=O)([O-])OOS(=O)(=O)[O-].[K+].[K+].[K+]. The molecule has 12 nitrogen and oxygen atoms in total. The third-order valence-corrected chi connectivity index (χ3v) is 0.750. The van der Waals surface area contributed by atoms with Gasteiger partial charge in [-0.05, 0) is 0 Å². The summed E-state index contributed by atoms with van der Waals surface area (Å²) in [5, 5.41) is 0. The Morgan fingerprint density at radius 2 is 0.778 bits per heavy atom. The molecule has 0 radical (unpaired) electrons. The maximum atomic E-state index is 9.37. The van der Waals surface area contributed by atoms with Gasteiger partial charge in [-0.15, -0.1) is 8.67 Å². The fraction of sp³-hybridized carbons (Fsp3) is 0. The zero-order valence-corrected chi connectivity index (χ0v) is 21.0. The smallest absolute Gasteiger partial charge is 0.726 e. The van der Waals surface area contributed by atoms with Crippen LogP contribution in [0.15, 0.2) is 0 Å². The molecule has 0 fully saturated rings. The molecule has 0 heterocycles. The van der Waals surface area contributed by atoms with E-state index in [-0.39, 0.29) is 154 Å². The minimum absolute atomic E-state index is 0. The summed E-state index contributed by atoms with van der Waals surface area (Å²) in [4.78, 5) is 0. The molecule has 0 aromatic heterocycles. The molecule has 0 aliphatic heterocycles. The summed E-state index contributed by atoms with van der Waals surface area (Å²) in [5.74, 6) is 0. The van der Waals surface area contributed by atoms with Crippen molar-refractivity contribution in [1.29, 1.82) is 0 Å². The molecule has 0 aliphatic rings. The van der Waals surface area contributed by atoms with Gasteiger partial charge in [0.25, 0.3) is 0 Å². The molecule has 18 heavy (non-hydrogen) atoms. The van der Waals surface area contributed by atoms with E-state index in [0.29, 0.717) is 0 Å². The topological polar surface area (TPSA) is 210 Å². The van der Waals surface area contributed by atoms with E-state index >= 15 is 0 Å². The van der Waals surface area contributed by atoms with Crippen LogP contribution in [0.3, 0.4) is 0 Å². The molecule has 1 N–H and O–H groups in total. The summed E-state index contributed by atoms with van der Waals surface area (Å²) < 4.78 is 94.3. The van der Waals surface area contributed by atoms with Crippen molar-refractivity contribution in [3.63, 3.8) is 0 Å². The van der Waals surface area contributed by atoms with Crippen LogP contribution in [0.4, 0.5) is 0 Å².